The van der Waals surface area contributed by atoms with Crippen molar-refractivity contribution in [3.63, 3.8) is 0 Å². The van der Waals surface area contributed by atoms with Crippen LogP contribution in [0.1, 0.15) is 28.6 Å². The molecule has 13 heteroatoms. The first kappa shape index (κ1) is 24.6. The highest BCUT2D eigenvalue weighted by Gasteiger charge is 2.26. The zero-order valence-electron chi connectivity index (χ0n) is 20.3. The van der Waals surface area contributed by atoms with Crippen molar-refractivity contribution in [1.82, 2.24) is 25.1 Å². The average Bonchev–Trinajstić information content (AvgIpc) is 3.31. The SMILES string of the molecule is COc1cc(C(Nc2cccc(CNC(=O)O)c2)c2nn(-c3ncccc3N)c(=O)[nH]2)cc2c1OCOC2. The molecule has 1 unspecified atom stereocenters. The van der Waals surface area contributed by atoms with E-state index in [9.17, 15) is 9.59 Å². The molecule has 13 nitrogen and oxygen atoms in total. The number of hydrogen-bond donors (Lipinski definition) is 5. The summed E-state index contributed by atoms with van der Waals surface area (Å²) in [6.07, 6.45) is 0.400. The zero-order valence-corrected chi connectivity index (χ0v) is 20.3. The van der Waals surface area contributed by atoms with Crippen LogP contribution < -0.4 is 31.5 Å². The first-order chi connectivity index (χ1) is 18.4. The number of benzene rings is 2. The standard InChI is InChI=1S/C25H25N7O6/c1-36-19-10-15(9-16-12-37-13-38-21(16)19)20(29-17-5-2-4-14(8-17)11-28-25(34)35)22-30-24(33)32(31-22)23-18(26)6-3-7-27-23/h2-10,20,28-29H,11-13,26H2,1H3,(H,34,35)(H,30,31,33). The number of fused-ring (bicyclic) bond motifs is 1. The highest BCUT2D eigenvalue weighted by atomic mass is 16.7. The van der Waals surface area contributed by atoms with E-state index in [0.717, 1.165) is 15.8 Å². The fourth-order valence-corrected chi connectivity index (χ4v) is 4.15. The Bertz CT molecular complexity index is 1520. The number of nitrogens with two attached hydrogens (primary N) is 1. The largest absolute Gasteiger partial charge is 0.493 e. The van der Waals surface area contributed by atoms with Crippen LogP contribution in [0.15, 0.2) is 59.5 Å². The van der Waals surface area contributed by atoms with Crippen LogP contribution in [0, 0.1) is 0 Å². The number of ether oxygens (including phenoxy) is 3. The van der Waals surface area contributed by atoms with Crippen LogP contribution in [0.25, 0.3) is 5.82 Å². The van der Waals surface area contributed by atoms with E-state index in [4.69, 9.17) is 25.1 Å². The van der Waals surface area contributed by atoms with Crippen LogP contribution in [0.3, 0.4) is 0 Å². The van der Waals surface area contributed by atoms with Crippen molar-refractivity contribution in [3.05, 3.63) is 87.7 Å². The van der Waals surface area contributed by atoms with Gasteiger partial charge in [0.2, 0.25) is 0 Å². The number of nitrogens with one attached hydrogen (secondary N) is 3. The minimum Gasteiger partial charge on any atom is -0.493 e. The minimum absolute atomic E-state index is 0.116. The summed E-state index contributed by atoms with van der Waals surface area (Å²) in [5, 5.41) is 19.2. The average molecular weight is 520 g/mol. The summed E-state index contributed by atoms with van der Waals surface area (Å²) in [6.45, 7) is 0.560. The van der Waals surface area contributed by atoms with Crippen molar-refractivity contribution in [2.45, 2.75) is 19.2 Å². The first-order valence-electron chi connectivity index (χ1n) is 11.6. The Morgan fingerprint density at radius 3 is 2.95 bits per heavy atom. The van der Waals surface area contributed by atoms with Gasteiger partial charge >= 0.3 is 11.8 Å². The van der Waals surface area contributed by atoms with Crippen molar-refractivity contribution in [2.75, 3.05) is 25.0 Å². The van der Waals surface area contributed by atoms with Gasteiger partial charge in [-0.2, -0.15) is 4.68 Å². The van der Waals surface area contributed by atoms with E-state index in [2.05, 4.69) is 25.7 Å². The van der Waals surface area contributed by atoms with Crippen molar-refractivity contribution in [2.24, 2.45) is 0 Å². The lowest BCUT2D eigenvalue weighted by Gasteiger charge is -2.24. The van der Waals surface area contributed by atoms with Gasteiger partial charge in [0.15, 0.2) is 29.9 Å². The Labute approximate surface area is 216 Å². The molecule has 0 spiro atoms. The Morgan fingerprint density at radius 2 is 2.16 bits per heavy atom. The zero-order chi connectivity index (χ0) is 26.6. The lowest BCUT2D eigenvalue weighted by atomic mass is 10.0. The number of anilines is 2. The summed E-state index contributed by atoms with van der Waals surface area (Å²) in [5.41, 5.74) is 8.69. The van der Waals surface area contributed by atoms with Crippen LogP contribution in [-0.4, -0.2) is 44.9 Å². The molecule has 0 saturated carbocycles. The summed E-state index contributed by atoms with van der Waals surface area (Å²) in [4.78, 5) is 30.9. The molecular weight excluding hydrogens is 494 g/mol. The number of pyridine rings is 1. The maximum Gasteiger partial charge on any atom is 0.404 e. The third-order valence-corrected chi connectivity index (χ3v) is 5.86. The highest BCUT2D eigenvalue weighted by molar-refractivity contribution is 5.64. The summed E-state index contributed by atoms with van der Waals surface area (Å²) in [6, 6.07) is 13.5. The molecule has 5 rings (SSSR count). The second-order valence-corrected chi connectivity index (χ2v) is 8.40. The Kier molecular flexibility index (Phi) is 6.82. The predicted molar refractivity (Wildman–Crippen MR) is 136 cm³/mol. The van der Waals surface area contributed by atoms with Gasteiger partial charge in [0, 0.05) is 24.0 Å². The fourth-order valence-electron chi connectivity index (χ4n) is 4.15. The molecule has 0 bridgehead atoms. The Hall–Kier alpha value is -5.04. The molecule has 0 fully saturated rings. The molecule has 2 aromatic heterocycles. The monoisotopic (exact) mass is 519 g/mol. The second kappa shape index (κ2) is 10.5. The van der Waals surface area contributed by atoms with E-state index in [1.165, 1.54) is 6.20 Å². The summed E-state index contributed by atoms with van der Waals surface area (Å²) >= 11 is 0. The Balaban J connectivity index is 1.59. The summed E-state index contributed by atoms with van der Waals surface area (Å²) in [5.74, 6) is 1.57. The molecule has 1 aliphatic rings. The molecule has 4 aromatic rings. The number of carbonyl (C=O) groups is 1. The topological polar surface area (TPSA) is 179 Å². The van der Waals surface area contributed by atoms with Gasteiger partial charge in [-0.15, -0.1) is 5.10 Å². The molecule has 38 heavy (non-hydrogen) atoms. The van der Waals surface area contributed by atoms with Gasteiger partial charge in [-0.3, -0.25) is 4.98 Å². The van der Waals surface area contributed by atoms with Crippen LogP contribution in [0.2, 0.25) is 0 Å². The molecule has 0 saturated heterocycles. The van der Waals surface area contributed by atoms with Gasteiger partial charge in [-0.1, -0.05) is 12.1 Å². The highest BCUT2D eigenvalue weighted by Crippen LogP contribution is 2.38. The van der Waals surface area contributed by atoms with E-state index in [0.29, 0.717) is 35.0 Å². The molecule has 3 heterocycles. The number of H-pyrrole nitrogens is 1. The number of aromatic nitrogens is 4. The molecule has 196 valence electrons. The number of nitrogen functional groups attached to an aromatic ring is 1. The number of rotatable bonds is 8. The lowest BCUT2D eigenvalue weighted by Crippen LogP contribution is -2.20. The van der Waals surface area contributed by atoms with E-state index in [1.807, 2.05) is 12.1 Å². The van der Waals surface area contributed by atoms with Gasteiger partial charge in [0.1, 0.15) is 6.04 Å². The van der Waals surface area contributed by atoms with Crippen LogP contribution in [-0.2, 0) is 17.9 Å². The van der Waals surface area contributed by atoms with Gasteiger partial charge in [-0.25, -0.2) is 14.6 Å². The van der Waals surface area contributed by atoms with Gasteiger partial charge in [-0.05, 0) is 47.5 Å². The van der Waals surface area contributed by atoms with Crippen molar-refractivity contribution >= 4 is 17.5 Å². The number of nitrogens with zero attached hydrogens (tertiary/aromatic N) is 3. The van der Waals surface area contributed by atoms with Crippen LogP contribution >= 0.6 is 0 Å². The molecule has 0 radical (unpaired) electrons. The molecule has 2 aromatic carbocycles. The summed E-state index contributed by atoms with van der Waals surface area (Å²) in [7, 11) is 1.54. The molecule has 6 N–H and O–H groups in total. The van der Waals surface area contributed by atoms with Crippen LogP contribution in [0.4, 0.5) is 16.2 Å². The van der Waals surface area contributed by atoms with Gasteiger partial charge in [0.25, 0.3) is 0 Å². The van der Waals surface area contributed by atoms with Crippen molar-refractivity contribution < 1.29 is 24.1 Å². The molecule has 1 amide bonds. The summed E-state index contributed by atoms with van der Waals surface area (Å²) < 4.78 is 17.8. The third-order valence-electron chi connectivity index (χ3n) is 5.86. The smallest absolute Gasteiger partial charge is 0.404 e. The predicted octanol–water partition coefficient (Wildman–Crippen LogP) is 2.38. The van der Waals surface area contributed by atoms with Crippen molar-refractivity contribution in [1.29, 1.82) is 0 Å². The number of amides is 1. The van der Waals surface area contributed by atoms with Crippen LogP contribution in [0.5, 0.6) is 11.5 Å². The number of hydrogen-bond acceptors (Lipinski definition) is 9. The maximum absolute atomic E-state index is 12.9. The van der Waals surface area contributed by atoms with Gasteiger partial charge < -0.3 is 35.7 Å². The van der Waals surface area contributed by atoms with E-state index in [-0.39, 0.29) is 25.0 Å². The second-order valence-electron chi connectivity index (χ2n) is 8.40. The maximum atomic E-state index is 12.9. The lowest BCUT2D eigenvalue weighted by molar-refractivity contribution is -0.0180. The molecular formula is C25H25N7O6. The minimum atomic E-state index is -1.12. The Morgan fingerprint density at radius 1 is 1.29 bits per heavy atom. The molecule has 1 aliphatic heterocycles. The third kappa shape index (κ3) is 5.08. The van der Waals surface area contributed by atoms with Crippen molar-refractivity contribution in [3.8, 4) is 17.3 Å². The number of aromatic amines is 1. The molecule has 1 atom stereocenters. The number of methoxy groups -OCH3 is 1. The van der Waals surface area contributed by atoms with Gasteiger partial charge in [0.05, 0.1) is 19.4 Å². The first-order valence-corrected chi connectivity index (χ1v) is 11.6. The number of carboxylic acid groups (broad SMARTS) is 1. The van der Waals surface area contributed by atoms with E-state index < -0.39 is 17.8 Å². The van der Waals surface area contributed by atoms with E-state index >= 15 is 0 Å². The molecule has 0 aliphatic carbocycles. The fraction of sp³-hybridized carbons (Fsp3) is 0.200. The normalized spacial score (nSPS) is 13.2. The quantitative estimate of drug-likeness (QED) is 0.232. The van der Waals surface area contributed by atoms with E-state index in [1.54, 1.807) is 43.5 Å².